The van der Waals surface area contributed by atoms with E-state index in [4.69, 9.17) is 5.73 Å². The summed E-state index contributed by atoms with van der Waals surface area (Å²) in [5.41, 5.74) is 10.7. The third-order valence-electron chi connectivity index (χ3n) is 3.26. The summed E-state index contributed by atoms with van der Waals surface area (Å²) in [6.45, 7) is 2.89. The molecule has 0 aliphatic carbocycles. The van der Waals surface area contributed by atoms with Crippen LogP contribution in [0.2, 0.25) is 0 Å². The Morgan fingerprint density at radius 1 is 1.00 bits per heavy atom. The Morgan fingerprint density at radius 2 is 1.84 bits per heavy atom. The maximum absolute atomic E-state index is 5.55. The van der Waals surface area contributed by atoms with Gasteiger partial charge in [0.2, 0.25) is 0 Å². The minimum Gasteiger partial charge on any atom is -0.330 e. The molecule has 2 N–H and O–H groups in total. The molecule has 19 heavy (non-hydrogen) atoms. The average Bonchev–Trinajstić information content (AvgIpc) is 2.45. The Labute approximate surface area is 115 Å². The molecule has 0 bridgehead atoms. The topological polar surface area (TPSA) is 26.0 Å². The van der Waals surface area contributed by atoms with E-state index >= 15 is 0 Å². The number of hydrogen-bond acceptors (Lipinski definition) is 1. The lowest BCUT2D eigenvalue weighted by Gasteiger charge is -2.02. The van der Waals surface area contributed by atoms with Crippen molar-refractivity contribution in [3.05, 3.63) is 70.8 Å². The van der Waals surface area contributed by atoms with Gasteiger partial charge in [0.1, 0.15) is 0 Å². The van der Waals surface area contributed by atoms with Crippen LogP contribution in [0.5, 0.6) is 0 Å². The van der Waals surface area contributed by atoms with Crippen molar-refractivity contribution in [1.29, 1.82) is 0 Å². The molecule has 0 saturated carbocycles. The molecule has 0 amide bonds. The van der Waals surface area contributed by atoms with Gasteiger partial charge in [0.15, 0.2) is 0 Å². The Kier molecular flexibility index (Phi) is 4.93. The normalized spacial score (nSPS) is 11.1. The van der Waals surface area contributed by atoms with E-state index in [1.165, 1.54) is 22.3 Å². The molecule has 0 heterocycles. The molecule has 0 radical (unpaired) electrons. The first-order valence-corrected chi connectivity index (χ1v) is 6.82. The maximum atomic E-state index is 5.55. The number of hydrogen-bond donors (Lipinski definition) is 1. The minimum atomic E-state index is 0.753. The number of aryl methyl sites for hydroxylation is 2. The molecular weight excluding hydrogens is 230 g/mol. The van der Waals surface area contributed by atoms with Crippen LogP contribution in [-0.4, -0.2) is 6.54 Å². The molecular formula is C18H21N. The first-order valence-electron chi connectivity index (χ1n) is 6.82. The van der Waals surface area contributed by atoms with Crippen LogP contribution in [0.25, 0.3) is 12.2 Å². The largest absolute Gasteiger partial charge is 0.330 e. The SMILES string of the molecule is Cc1ccccc1C=Cc1cccc(CCCN)c1. The highest BCUT2D eigenvalue weighted by atomic mass is 14.5. The summed E-state index contributed by atoms with van der Waals surface area (Å²) in [5.74, 6) is 0. The third kappa shape index (κ3) is 4.08. The van der Waals surface area contributed by atoms with Crippen molar-refractivity contribution in [2.24, 2.45) is 5.73 Å². The van der Waals surface area contributed by atoms with Crippen LogP contribution in [0.1, 0.15) is 28.7 Å². The van der Waals surface area contributed by atoms with Gasteiger partial charge in [0.05, 0.1) is 0 Å². The van der Waals surface area contributed by atoms with E-state index in [1.54, 1.807) is 0 Å². The summed E-state index contributed by atoms with van der Waals surface area (Å²) >= 11 is 0. The van der Waals surface area contributed by atoms with Crippen molar-refractivity contribution in [2.75, 3.05) is 6.54 Å². The van der Waals surface area contributed by atoms with Crippen LogP contribution in [0.4, 0.5) is 0 Å². The fourth-order valence-electron chi connectivity index (χ4n) is 2.12. The van der Waals surface area contributed by atoms with E-state index in [2.05, 4.69) is 67.6 Å². The quantitative estimate of drug-likeness (QED) is 0.797. The van der Waals surface area contributed by atoms with E-state index < -0.39 is 0 Å². The summed E-state index contributed by atoms with van der Waals surface area (Å²) in [6, 6.07) is 17.1. The lowest BCUT2D eigenvalue weighted by Crippen LogP contribution is -2.00. The van der Waals surface area contributed by atoms with Crippen LogP contribution in [0, 0.1) is 6.92 Å². The van der Waals surface area contributed by atoms with Crippen molar-refractivity contribution in [3.8, 4) is 0 Å². The number of rotatable bonds is 5. The Bertz CT molecular complexity index is 555. The fourth-order valence-corrected chi connectivity index (χ4v) is 2.12. The highest BCUT2D eigenvalue weighted by Crippen LogP contribution is 2.14. The predicted molar refractivity (Wildman–Crippen MR) is 83.9 cm³/mol. The molecule has 0 atom stereocenters. The van der Waals surface area contributed by atoms with Crippen molar-refractivity contribution >= 4 is 12.2 Å². The van der Waals surface area contributed by atoms with Crippen molar-refractivity contribution in [3.63, 3.8) is 0 Å². The second-order valence-corrected chi connectivity index (χ2v) is 4.83. The van der Waals surface area contributed by atoms with Gasteiger partial charge in [0, 0.05) is 0 Å². The van der Waals surface area contributed by atoms with Gasteiger partial charge in [-0.15, -0.1) is 0 Å². The van der Waals surface area contributed by atoms with Gasteiger partial charge in [0.25, 0.3) is 0 Å². The summed E-state index contributed by atoms with van der Waals surface area (Å²) in [5, 5.41) is 0. The average molecular weight is 251 g/mol. The smallest absolute Gasteiger partial charge is 0.00741 e. The molecule has 0 saturated heterocycles. The lowest BCUT2D eigenvalue weighted by molar-refractivity contribution is 0.832. The zero-order chi connectivity index (χ0) is 13.5. The van der Waals surface area contributed by atoms with E-state index in [-0.39, 0.29) is 0 Å². The molecule has 0 fully saturated rings. The highest BCUT2D eigenvalue weighted by molar-refractivity contribution is 5.71. The second-order valence-electron chi connectivity index (χ2n) is 4.83. The monoisotopic (exact) mass is 251 g/mol. The van der Waals surface area contributed by atoms with Gasteiger partial charge < -0.3 is 5.73 Å². The molecule has 0 aromatic heterocycles. The Hall–Kier alpha value is -1.86. The van der Waals surface area contributed by atoms with E-state index in [0.29, 0.717) is 0 Å². The highest BCUT2D eigenvalue weighted by Gasteiger charge is 1.95. The summed E-state index contributed by atoms with van der Waals surface area (Å²) in [6.07, 6.45) is 6.46. The molecule has 0 unspecified atom stereocenters. The first kappa shape index (κ1) is 13.6. The molecule has 2 rings (SSSR count). The Morgan fingerprint density at radius 3 is 2.63 bits per heavy atom. The standard InChI is InChI=1S/C18H21N/c1-15-6-2-3-10-18(15)12-11-17-8-4-7-16(14-17)9-5-13-19/h2-4,6-8,10-12,14H,5,9,13,19H2,1H3. The molecule has 1 heteroatoms. The van der Waals surface area contributed by atoms with Gasteiger partial charge in [-0.3, -0.25) is 0 Å². The predicted octanol–water partition coefficient (Wildman–Crippen LogP) is 4.06. The van der Waals surface area contributed by atoms with Crippen LogP contribution < -0.4 is 5.73 Å². The van der Waals surface area contributed by atoms with Crippen LogP contribution in [-0.2, 0) is 6.42 Å². The van der Waals surface area contributed by atoms with E-state index in [9.17, 15) is 0 Å². The van der Waals surface area contributed by atoms with Crippen LogP contribution in [0.3, 0.4) is 0 Å². The van der Waals surface area contributed by atoms with Crippen molar-refractivity contribution in [2.45, 2.75) is 19.8 Å². The maximum Gasteiger partial charge on any atom is -0.00741 e. The van der Waals surface area contributed by atoms with Crippen LogP contribution in [0.15, 0.2) is 48.5 Å². The van der Waals surface area contributed by atoms with E-state index in [1.807, 2.05) is 0 Å². The Balaban J connectivity index is 2.12. The summed E-state index contributed by atoms with van der Waals surface area (Å²) in [7, 11) is 0. The molecule has 0 aliphatic rings. The molecule has 0 aliphatic heterocycles. The van der Waals surface area contributed by atoms with Gasteiger partial charge in [-0.1, -0.05) is 60.7 Å². The van der Waals surface area contributed by atoms with Gasteiger partial charge in [-0.2, -0.15) is 0 Å². The van der Waals surface area contributed by atoms with Crippen molar-refractivity contribution in [1.82, 2.24) is 0 Å². The lowest BCUT2D eigenvalue weighted by atomic mass is 10.0. The van der Waals surface area contributed by atoms with Gasteiger partial charge in [-0.05, 0) is 48.6 Å². The molecule has 0 spiro atoms. The molecule has 2 aromatic rings. The third-order valence-corrected chi connectivity index (χ3v) is 3.26. The number of benzene rings is 2. The number of nitrogens with two attached hydrogens (primary N) is 1. The van der Waals surface area contributed by atoms with E-state index in [0.717, 1.165) is 19.4 Å². The van der Waals surface area contributed by atoms with Crippen LogP contribution >= 0.6 is 0 Å². The molecule has 2 aromatic carbocycles. The zero-order valence-electron chi connectivity index (χ0n) is 11.5. The van der Waals surface area contributed by atoms with Gasteiger partial charge in [-0.25, -0.2) is 0 Å². The fraction of sp³-hybridized carbons (Fsp3) is 0.222. The second kappa shape index (κ2) is 6.91. The van der Waals surface area contributed by atoms with Gasteiger partial charge >= 0.3 is 0 Å². The van der Waals surface area contributed by atoms with Crippen molar-refractivity contribution < 1.29 is 0 Å². The molecule has 1 nitrogen and oxygen atoms in total. The first-order chi connectivity index (χ1) is 9.29. The summed E-state index contributed by atoms with van der Waals surface area (Å²) < 4.78 is 0. The molecule has 98 valence electrons. The minimum absolute atomic E-state index is 0.753. The zero-order valence-corrected chi connectivity index (χ0v) is 11.5. The summed E-state index contributed by atoms with van der Waals surface area (Å²) in [4.78, 5) is 0.